The molecule has 28 heavy (non-hydrogen) atoms. The lowest BCUT2D eigenvalue weighted by atomic mass is 9.94. The molecule has 3 aromatic rings. The van der Waals surface area contributed by atoms with Gasteiger partial charge in [0.15, 0.2) is 0 Å². The van der Waals surface area contributed by atoms with Crippen LogP contribution in [0.5, 0.6) is 0 Å². The summed E-state index contributed by atoms with van der Waals surface area (Å²) >= 11 is 0. The average molecular weight is 428 g/mol. The van der Waals surface area contributed by atoms with Crippen molar-refractivity contribution in [3.05, 3.63) is 84.4 Å². The molecule has 0 aliphatic carbocycles. The van der Waals surface area contributed by atoms with E-state index in [1.165, 1.54) is 27.8 Å². The number of aryl methyl sites for hydroxylation is 1. The van der Waals surface area contributed by atoms with Crippen molar-refractivity contribution in [3.63, 3.8) is 0 Å². The maximum Gasteiger partial charge on any atom is 0.522 e. The van der Waals surface area contributed by atoms with Gasteiger partial charge in [0.2, 0.25) is 0 Å². The lowest BCUT2D eigenvalue weighted by Crippen LogP contribution is -2.21. The predicted molar refractivity (Wildman–Crippen MR) is 110 cm³/mol. The van der Waals surface area contributed by atoms with E-state index in [9.17, 15) is 13.2 Å². The van der Waals surface area contributed by atoms with Crippen LogP contribution in [0.2, 0.25) is 0 Å². The van der Waals surface area contributed by atoms with Gasteiger partial charge in [-0.25, -0.2) is 0 Å². The molecule has 0 atom stereocenters. The van der Waals surface area contributed by atoms with Crippen LogP contribution in [0.3, 0.4) is 0 Å². The highest BCUT2D eigenvalue weighted by molar-refractivity contribution is 7.86. The first-order chi connectivity index (χ1) is 12.6. The molecule has 0 saturated heterocycles. The van der Waals surface area contributed by atoms with Crippen LogP contribution in [-0.4, -0.2) is 18.5 Å². The highest BCUT2D eigenvalue weighted by atomic mass is 32.2. The van der Waals surface area contributed by atoms with Crippen molar-refractivity contribution in [1.82, 2.24) is 0 Å². The lowest BCUT2D eigenvalue weighted by molar-refractivity contribution is -0.0510. The predicted octanol–water partition coefficient (Wildman–Crippen LogP) is 5.84. The Morgan fingerprint density at radius 2 is 1.07 bits per heavy atom. The Balaban J connectivity index is 0.000000376. The maximum atomic E-state index is 10.7. The molecule has 0 aliphatic heterocycles. The summed E-state index contributed by atoms with van der Waals surface area (Å²) in [6.07, 6.45) is 0. The highest BCUT2D eigenvalue weighted by Gasteiger charge is 2.44. The molecule has 0 unspecified atom stereocenters. The fourth-order valence-electron chi connectivity index (χ4n) is 2.34. The molecule has 0 heterocycles. The molecule has 3 aromatic carbocycles. The molecule has 0 aromatic heterocycles. The smallest absolute Gasteiger partial charge is 0.279 e. The molecule has 0 amide bonds. The Morgan fingerprint density at radius 1 is 0.714 bits per heavy atom. The minimum Gasteiger partial charge on any atom is -0.279 e. The number of benzene rings is 3. The first-order valence-electron chi connectivity index (χ1n) is 7.85. The van der Waals surface area contributed by atoms with Crippen LogP contribution in [0.25, 0.3) is 22.3 Å². The van der Waals surface area contributed by atoms with Gasteiger partial charge >= 0.3 is 15.6 Å². The maximum absolute atomic E-state index is 10.7. The van der Waals surface area contributed by atoms with E-state index in [0.29, 0.717) is 0 Å². The van der Waals surface area contributed by atoms with Crippen LogP contribution in [0.1, 0.15) is 5.56 Å². The van der Waals surface area contributed by atoms with Gasteiger partial charge in [-0.1, -0.05) is 84.4 Å². The number of halogens is 3. The topological polar surface area (TPSA) is 54.4 Å². The summed E-state index contributed by atoms with van der Waals surface area (Å²) in [4.78, 5) is 0. The molecular formula is C20H19F3O3S2. The molecule has 3 rings (SSSR count). The number of hydrogen-bond donors (Lipinski definition) is 1. The van der Waals surface area contributed by atoms with Gasteiger partial charge in [-0.05, 0) is 29.2 Å². The van der Waals surface area contributed by atoms with Crippen molar-refractivity contribution >= 4 is 23.6 Å². The van der Waals surface area contributed by atoms with Crippen LogP contribution in [-0.2, 0) is 10.1 Å². The minimum absolute atomic E-state index is 0. The Kier molecular flexibility index (Phi) is 8.29. The van der Waals surface area contributed by atoms with E-state index >= 15 is 0 Å². The summed E-state index contributed by atoms with van der Waals surface area (Å²) in [5.74, 6) is 0. The third-order valence-corrected chi connectivity index (χ3v) is 4.25. The van der Waals surface area contributed by atoms with Gasteiger partial charge in [0.1, 0.15) is 0 Å². The van der Waals surface area contributed by atoms with Gasteiger partial charge in [-0.2, -0.15) is 35.1 Å². The Labute approximate surface area is 169 Å². The molecule has 1 N–H and O–H groups in total. The van der Waals surface area contributed by atoms with E-state index < -0.39 is 15.6 Å². The molecule has 0 saturated carbocycles. The fraction of sp³-hybridized carbons (Fsp3) is 0.100. The van der Waals surface area contributed by atoms with Crippen molar-refractivity contribution in [2.45, 2.75) is 12.4 Å². The van der Waals surface area contributed by atoms with E-state index in [0.717, 1.165) is 0 Å². The first kappa shape index (κ1) is 23.7. The third-order valence-electron chi connectivity index (χ3n) is 3.67. The molecule has 0 radical (unpaired) electrons. The second-order valence-corrected chi connectivity index (χ2v) is 7.11. The van der Waals surface area contributed by atoms with Gasteiger partial charge in [0, 0.05) is 0 Å². The molecule has 0 bridgehead atoms. The Morgan fingerprint density at radius 3 is 1.46 bits per heavy atom. The zero-order valence-corrected chi connectivity index (χ0v) is 16.6. The van der Waals surface area contributed by atoms with Crippen LogP contribution < -0.4 is 0 Å². The van der Waals surface area contributed by atoms with E-state index in [1.807, 2.05) is 0 Å². The standard InChI is InChI=1S/C19H16.CHF3O3S.H2S/c1-15-11-13-17(14-12-15)19-10-6-5-9-18(19)16-7-3-2-4-8-16;2-1(3,4)8(5,6)7;/h2-14H,1H3;(H,5,6,7);1H2. The summed E-state index contributed by atoms with van der Waals surface area (Å²) in [7, 11) is -5.84. The zero-order chi connectivity index (χ0) is 20.1. The highest BCUT2D eigenvalue weighted by Crippen LogP contribution is 2.31. The normalized spacial score (nSPS) is 11.0. The fourth-order valence-corrected chi connectivity index (χ4v) is 2.34. The van der Waals surface area contributed by atoms with Crippen LogP contribution in [0.4, 0.5) is 13.2 Å². The third kappa shape index (κ3) is 6.40. The second kappa shape index (κ2) is 9.77. The van der Waals surface area contributed by atoms with Gasteiger partial charge in [0.25, 0.3) is 0 Å². The summed E-state index contributed by atoms with van der Waals surface area (Å²) in [6, 6.07) is 27.8. The van der Waals surface area contributed by atoms with E-state index in [4.69, 9.17) is 13.0 Å². The van der Waals surface area contributed by atoms with Crippen molar-refractivity contribution < 1.29 is 26.1 Å². The number of hydrogen-bond acceptors (Lipinski definition) is 2. The van der Waals surface area contributed by atoms with Crippen molar-refractivity contribution in [2.24, 2.45) is 0 Å². The molecule has 0 aliphatic rings. The molecule has 0 fully saturated rings. The average Bonchev–Trinajstić information content (AvgIpc) is 2.62. The second-order valence-electron chi connectivity index (χ2n) is 5.70. The Hall–Kier alpha value is -2.29. The molecule has 150 valence electrons. The molecular weight excluding hydrogens is 409 g/mol. The molecule has 8 heteroatoms. The van der Waals surface area contributed by atoms with Crippen LogP contribution in [0.15, 0.2) is 78.9 Å². The summed E-state index contributed by atoms with van der Waals surface area (Å²) < 4.78 is 57.5. The van der Waals surface area contributed by atoms with E-state index in [2.05, 4.69) is 85.8 Å². The first-order valence-corrected chi connectivity index (χ1v) is 9.29. The van der Waals surface area contributed by atoms with E-state index in [1.54, 1.807) is 0 Å². The monoisotopic (exact) mass is 428 g/mol. The lowest BCUT2D eigenvalue weighted by Gasteiger charge is -2.10. The SMILES string of the molecule is Cc1ccc(-c2ccccc2-c2ccccc2)cc1.O=S(=O)(O)C(F)(F)F.S. The summed E-state index contributed by atoms with van der Waals surface area (Å²) in [5.41, 5.74) is 0.859. The van der Waals surface area contributed by atoms with Crippen molar-refractivity contribution in [3.8, 4) is 22.3 Å². The summed E-state index contributed by atoms with van der Waals surface area (Å²) in [6.45, 7) is 2.12. The molecule has 0 spiro atoms. The van der Waals surface area contributed by atoms with Gasteiger partial charge in [-0.3, -0.25) is 4.55 Å². The Bertz CT molecular complexity index is 985. The summed E-state index contributed by atoms with van der Waals surface area (Å²) in [5, 5.41) is 0. The van der Waals surface area contributed by atoms with Crippen LogP contribution >= 0.6 is 13.5 Å². The largest absolute Gasteiger partial charge is 0.522 e. The number of alkyl halides is 3. The van der Waals surface area contributed by atoms with Crippen molar-refractivity contribution in [1.29, 1.82) is 0 Å². The van der Waals surface area contributed by atoms with Gasteiger partial charge in [-0.15, -0.1) is 0 Å². The quantitative estimate of drug-likeness (QED) is 0.412. The molecule has 3 nitrogen and oxygen atoms in total. The van der Waals surface area contributed by atoms with Crippen LogP contribution in [0, 0.1) is 6.92 Å². The van der Waals surface area contributed by atoms with Crippen molar-refractivity contribution in [2.75, 3.05) is 0 Å². The van der Waals surface area contributed by atoms with Gasteiger partial charge in [0.05, 0.1) is 0 Å². The zero-order valence-electron chi connectivity index (χ0n) is 14.8. The number of rotatable bonds is 2. The van der Waals surface area contributed by atoms with Gasteiger partial charge < -0.3 is 0 Å². The van der Waals surface area contributed by atoms with E-state index in [-0.39, 0.29) is 13.5 Å². The minimum atomic E-state index is -5.84.